The highest BCUT2D eigenvalue weighted by atomic mass is 32.2. The van der Waals surface area contributed by atoms with Crippen LogP contribution in [-0.2, 0) is 29.1 Å². The second-order valence-electron chi connectivity index (χ2n) is 17.1. The van der Waals surface area contributed by atoms with Crippen LogP contribution in [0.3, 0.4) is 0 Å². The van der Waals surface area contributed by atoms with Crippen molar-refractivity contribution >= 4 is 56.0 Å². The Balaban J connectivity index is 1.14. The highest BCUT2D eigenvalue weighted by Gasteiger charge is 2.62. The van der Waals surface area contributed by atoms with Crippen molar-refractivity contribution in [1.82, 2.24) is 35.1 Å². The average molecular weight is 878 g/mol. The van der Waals surface area contributed by atoms with Gasteiger partial charge in [0.15, 0.2) is 0 Å². The number of carbonyl (C=O) groups excluding carboxylic acids is 4. The highest BCUT2D eigenvalue weighted by molar-refractivity contribution is 7.91. The summed E-state index contributed by atoms with van der Waals surface area (Å²) in [5.74, 6) is -0.902. The van der Waals surface area contributed by atoms with E-state index in [1.165, 1.54) is 16.2 Å². The summed E-state index contributed by atoms with van der Waals surface area (Å²) in [5.41, 5.74) is 1.49. The summed E-state index contributed by atoms with van der Waals surface area (Å²) in [6.45, 7) is 7.64. The molecule has 8 rings (SSSR count). The number of urea groups is 1. The van der Waals surface area contributed by atoms with Crippen LogP contribution in [0.15, 0.2) is 35.7 Å². The van der Waals surface area contributed by atoms with Gasteiger partial charge in [-0.1, -0.05) is 38.8 Å². The summed E-state index contributed by atoms with van der Waals surface area (Å²) < 4.78 is 46.1. The minimum atomic E-state index is -3.91. The summed E-state index contributed by atoms with van der Waals surface area (Å²) >= 11 is 1.48. The van der Waals surface area contributed by atoms with Gasteiger partial charge in [-0.2, -0.15) is 0 Å². The molecule has 3 aromatic rings. The molecule has 16 nitrogen and oxygen atoms in total. The molecule has 1 aromatic carbocycles. The lowest BCUT2D eigenvalue weighted by atomic mass is 10.0. The molecule has 3 N–H and O–H groups in total. The van der Waals surface area contributed by atoms with Crippen molar-refractivity contribution in [3.63, 3.8) is 0 Å². The number of amides is 5. The number of benzene rings is 1. The number of sulfonamides is 1. The topological polar surface area (TPSA) is 198 Å². The van der Waals surface area contributed by atoms with Crippen LogP contribution in [-0.4, -0.2) is 121 Å². The van der Waals surface area contributed by atoms with Crippen LogP contribution in [0.25, 0.3) is 21.6 Å². The average Bonchev–Trinajstić information content (AvgIpc) is 4.12. The number of nitrogens with zero attached hydrogens (tertiary/aromatic N) is 4. The first kappa shape index (κ1) is 42.9. The molecule has 5 heterocycles. The third kappa shape index (κ3) is 9.07. The molecule has 0 spiro atoms. The number of thiazole rings is 1. The monoisotopic (exact) mass is 877 g/mol. The predicted octanol–water partition coefficient (Wildman–Crippen LogP) is 4.56. The van der Waals surface area contributed by atoms with Crippen LogP contribution in [0.2, 0.25) is 0 Å². The molecule has 5 aliphatic rings. The molecular weight excluding hydrogens is 823 g/mol. The van der Waals surface area contributed by atoms with Crippen LogP contribution in [0.4, 0.5) is 4.79 Å². The number of morpholine rings is 1. The number of allylic oxidation sites excluding steroid dienone is 1. The molecule has 5 amide bonds. The summed E-state index contributed by atoms with van der Waals surface area (Å²) in [4.78, 5) is 70.0. The third-order valence-corrected chi connectivity index (χ3v) is 15.1. The number of ether oxygens (including phenoxy) is 3. The molecule has 0 unspecified atom stereocenters. The van der Waals surface area contributed by atoms with Gasteiger partial charge >= 0.3 is 6.03 Å². The molecule has 2 saturated heterocycles. The van der Waals surface area contributed by atoms with Crippen molar-refractivity contribution in [2.75, 3.05) is 40.0 Å². The van der Waals surface area contributed by atoms with Gasteiger partial charge in [-0.25, -0.2) is 23.2 Å². The van der Waals surface area contributed by atoms with E-state index in [1.807, 2.05) is 42.7 Å². The Labute approximate surface area is 360 Å². The maximum atomic E-state index is 14.9. The van der Waals surface area contributed by atoms with E-state index < -0.39 is 62.6 Å². The fourth-order valence-corrected chi connectivity index (χ4v) is 10.8. The third-order valence-electron chi connectivity index (χ3n) is 12.4. The van der Waals surface area contributed by atoms with Crippen molar-refractivity contribution in [3.8, 4) is 22.2 Å². The molecule has 328 valence electrons. The molecule has 0 bridgehead atoms. The van der Waals surface area contributed by atoms with E-state index in [1.54, 1.807) is 12.0 Å². The minimum Gasteiger partial charge on any atom is -0.496 e. The number of fused-ring (bicyclic) bond motifs is 3. The molecule has 0 radical (unpaired) electrons. The molecular formula is C43H55N7O9S2. The summed E-state index contributed by atoms with van der Waals surface area (Å²) in [6, 6.07) is 3.12. The Morgan fingerprint density at radius 3 is 2.57 bits per heavy atom. The van der Waals surface area contributed by atoms with Crippen molar-refractivity contribution in [1.29, 1.82) is 0 Å². The van der Waals surface area contributed by atoms with Crippen LogP contribution in [0.1, 0.15) is 88.8 Å². The summed E-state index contributed by atoms with van der Waals surface area (Å²) in [6.07, 6.45) is 7.66. The maximum Gasteiger partial charge on any atom is 0.318 e. The Morgan fingerprint density at radius 1 is 1.07 bits per heavy atom. The maximum absolute atomic E-state index is 14.9. The van der Waals surface area contributed by atoms with Crippen molar-refractivity contribution in [2.24, 2.45) is 5.92 Å². The first-order valence-corrected chi connectivity index (χ1v) is 23.8. The Bertz CT molecular complexity index is 2320. The largest absolute Gasteiger partial charge is 0.496 e. The fraction of sp³-hybridized carbons (Fsp3) is 0.581. The number of hydrogen-bond donors (Lipinski definition) is 3. The van der Waals surface area contributed by atoms with E-state index in [0.717, 1.165) is 24.1 Å². The van der Waals surface area contributed by atoms with Crippen molar-refractivity contribution in [2.45, 2.75) is 113 Å². The van der Waals surface area contributed by atoms with Gasteiger partial charge in [0, 0.05) is 47.8 Å². The highest BCUT2D eigenvalue weighted by Crippen LogP contribution is 2.46. The van der Waals surface area contributed by atoms with E-state index >= 15 is 0 Å². The van der Waals surface area contributed by atoms with Gasteiger partial charge in [-0.05, 0) is 63.5 Å². The molecule has 3 aliphatic heterocycles. The first-order chi connectivity index (χ1) is 29.3. The van der Waals surface area contributed by atoms with Crippen molar-refractivity contribution in [3.05, 3.63) is 47.0 Å². The van der Waals surface area contributed by atoms with Gasteiger partial charge in [-0.15, -0.1) is 11.3 Å². The van der Waals surface area contributed by atoms with Gasteiger partial charge in [-0.3, -0.25) is 19.1 Å². The van der Waals surface area contributed by atoms with E-state index in [0.29, 0.717) is 91.5 Å². The zero-order valence-electron chi connectivity index (χ0n) is 35.1. The Hall–Kier alpha value is -4.81. The number of nitrogens with one attached hydrogen (secondary N) is 3. The quantitative estimate of drug-likeness (QED) is 0.255. The fourth-order valence-electron chi connectivity index (χ4n) is 8.51. The minimum absolute atomic E-state index is 0.00245. The van der Waals surface area contributed by atoms with Gasteiger partial charge in [0.2, 0.25) is 21.8 Å². The van der Waals surface area contributed by atoms with Gasteiger partial charge in [0.05, 0.1) is 43.3 Å². The van der Waals surface area contributed by atoms with E-state index in [2.05, 4.69) is 29.2 Å². The van der Waals surface area contributed by atoms with Crippen LogP contribution >= 0.6 is 11.3 Å². The number of pyridine rings is 1. The summed E-state index contributed by atoms with van der Waals surface area (Å²) in [7, 11) is -2.31. The molecule has 2 saturated carbocycles. The number of aromatic nitrogens is 2. The second kappa shape index (κ2) is 17.5. The lowest BCUT2D eigenvalue weighted by Gasteiger charge is -2.32. The molecule has 18 heteroatoms. The Kier molecular flexibility index (Phi) is 12.3. The zero-order chi connectivity index (χ0) is 43.1. The standard InChI is InChI=1S/C43H55N7O9S2/c1-25(2)33-24-60-39(45-33)32-21-36(30-14-15-35(57-4)26(3)37(30)44-32)59-28-20-34-38(51)47-43(41(53)48-61(55,56)29-12-13-29)22-27(43)10-8-6-5-7-9-11-31(40(52)50(34)23-28)46-42(54)49-16-18-58-19-17-49/h8,10,14-15,21,24-25,27-29,31,34H,5-7,9,11-13,16-20,22-23H2,1-4H3,(H,46,54)(H,47,51)(H,48,53)/b10-8+/t27-,28-,31+,34+,43-/m1/s1. The SMILES string of the molecule is COc1ccc2c(O[C@@H]3C[C@H]4C(=O)N[C@]5(C(=O)NS(=O)(=O)C6CC6)C[C@H]5/C=C/CCCCC[C@H](NC(=O)N5CCOCC5)C(=O)N4C3)cc(-c3nc(C(C)C)cs3)nc2c1C. The smallest absolute Gasteiger partial charge is 0.318 e. The number of carbonyl (C=O) groups is 4. The lowest BCUT2D eigenvalue weighted by molar-refractivity contribution is -0.141. The number of rotatable bonds is 9. The lowest BCUT2D eigenvalue weighted by Crippen LogP contribution is -2.59. The molecule has 2 aliphatic carbocycles. The van der Waals surface area contributed by atoms with E-state index in [-0.39, 0.29) is 31.3 Å². The predicted molar refractivity (Wildman–Crippen MR) is 229 cm³/mol. The van der Waals surface area contributed by atoms with Crippen LogP contribution in [0, 0.1) is 12.8 Å². The Morgan fingerprint density at radius 2 is 1.85 bits per heavy atom. The summed E-state index contributed by atoms with van der Waals surface area (Å²) in [5, 5.41) is 8.72. The molecule has 61 heavy (non-hydrogen) atoms. The number of methoxy groups -OCH3 is 1. The van der Waals surface area contributed by atoms with Crippen LogP contribution in [0.5, 0.6) is 11.5 Å². The van der Waals surface area contributed by atoms with Gasteiger partial charge in [0.25, 0.3) is 5.91 Å². The van der Waals surface area contributed by atoms with Crippen LogP contribution < -0.4 is 24.8 Å². The molecule has 4 fully saturated rings. The zero-order valence-corrected chi connectivity index (χ0v) is 36.7. The first-order valence-electron chi connectivity index (χ1n) is 21.4. The van der Waals surface area contributed by atoms with Crippen molar-refractivity contribution < 1.29 is 41.8 Å². The van der Waals surface area contributed by atoms with Gasteiger partial charge < -0.3 is 34.6 Å². The molecule has 2 aromatic heterocycles. The number of hydrogen-bond acceptors (Lipinski definition) is 12. The molecule has 5 atom stereocenters. The second-order valence-corrected chi connectivity index (χ2v) is 19.9. The van der Waals surface area contributed by atoms with E-state index in [4.69, 9.17) is 24.2 Å². The number of aryl methyl sites for hydroxylation is 1. The van der Waals surface area contributed by atoms with E-state index in [9.17, 15) is 27.6 Å². The van der Waals surface area contributed by atoms with Gasteiger partial charge in [0.1, 0.15) is 45.9 Å². The normalized spacial score (nSPS) is 26.7.